The smallest absolute Gasteiger partial charge is 0.227 e. The predicted octanol–water partition coefficient (Wildman–Crippen LogP) is 2.23. The molecule has 1 saturated carbocycles. The van der Waals surface area contributed by atoms with E-state index in [9.17, 15) is 9.18 Å². The molecule has 3 rings (SSSR count). The molecule has 0 bridgehead atoms. The molecule has 3 nitrogen and oxygen atoms in total. The third kappa shape index (κ3) is 2.37. The number of carbonyl (C=O) groups excluding carboxylic acids is 1. The zero-order valence-corrected chi connectivity index (χ0v) is 10.9. The summed E-state index contributed by atoms with van der Waals surface area (Å²) < 4.78 is 13.3. The number of hydrogen-bond donors (Lipinski definition) is 1. The van der Waals surface area contributed by atoms with Crippen molar-refractivity contribution in [2.45, 2.75) is 38.1 Å². The van der Waals surface area contributed by atoms with Crippen molar-refractivity contribution in [2.24, 2.45) is 11.7 Å². The normalized spacial score (nSPS) is 25.7. The van der Waals surface area contributed by atoms with Crippen molar-refractivity contribution in [1.82, 2.24) is 0 Å². The molecular formula is C15H19FN2O. The standard InChI is InChI=1S/C15H19FN2O/c16-12-5-4-10-6-7-18(14(10)9-12)15(19)8-11-2-1-3-13(11)17/h4-5,9,11,13H,1-3,6-8,17H2/t11-,13+/m0/s1. The van der Waals surface area contributed by atoms with Crippen molar-refractivity contribution >= 4 is 11.6 Å². The highest BCUT2D eigenvalue weighted by molar-refractivity contribution is 5.95. The Morgan fingerprint density at radius 1 is 1.42 bits per heavy atom. The van der Waals surface area contributed by atoms with Crippen LogP contribution in [0.1, 0.15) is 31.2 Å². The monoisotopic (exact) mass is 262 g/mol. The van der Waals surface area contributed by atoms with Gasteiger partial charge in [0.05, 0.1) is 0 Å². The van der Waals surface area contributed by atoms with Crippen LogP contribution in [0.15, 0.2) is 18.2 Å². The van der Waals surface area contributed by atoms with Gasteiger partial charge in [-0.1, -0.05) is 12.5 Å². The van der Waals surface area contributed by atoms with E-state index in [2.05, 4.69) is 0 Å². The molecular weight excluding hydrogens is 243 g/mol. The summed E-state index contributed by atoms with van der Waals surface area (Å²) in [6.07, 6.45) is 4.49. The summed E-state index contributed by atoms with van der Waals surface area (Å²) in [6.45, 7) is 0.666. The maximum absolute atomic E-state index is 13.3. The van der Waals surface area contributed by atoms with Gasteiger partial charge in [-0.25, -0.2) is 4.39 Å². The van der Waals surface area contributed by atoms with E-state index in [1.165, 1.54) is 12.1 Å². The molecule has 1 aromatic rings. The molecule has 4 heteroatoms. The number of rotatable bonds is 2. The second-order valence-electron chi connectivity index (χ2n) is 5.63. The molecule has 19 heavy (non-hydrogen) atoms. The lowest BCUT2D eigenvalue weighted by Gasteiger charge is -2.21. The molecule has 1 amide bonds. The molecule has 1 heterocycles. The Balaban J connectivity index is 1.74. The molecule has 1 aliphatic heterocycles. The fourth-order valence-electron chi connectivity index (χ4n) is 3.26. The summed E-state index contributed by atoms with van der Waals surface area (Å²) >= 11 is 0. The van der Waals surface area contributed by atoms with E-state index in [4.69, 9.17) is 5.73 Å². The summed E-state index contributed by atoms with van der Waals surface area (Å²) in [4.78, 5) is 14.1. The lowest BCUT2D eigenvalue weighted by molar-refractivity contribution is -0.119. The van der Waals surface area contributed by atoms with E-state index >= 15 is 0 Å². The molecule has 1 aromatic carbocycles. The molecule has 0 unspecified atom stereocenters. The second-order valence-corrected chi connectivity index (χ2v) is 5.63. The highest BCUT2D eigenvalue weighted by atomic mass is 19.1. The van der Waals surface area contributed by atoms with Crippen molar-refractivity contribution in [3.8, 4) is 0 Å². The van der Waals surface area contributed by atoms with E-state index < -0.39 is 0 Å². The predicted molar refractivity (Wildman–Crippen MR) is 72.4 cm³/mol. The molecule has 0 radical (unpaired) electrons. The van der Waals surface area contributed by atoms with Crippen molar-refractivity contribution in [2.75, 3.05) is 11.4 Å². The van der Waals surface area contributed by atoms with Crippen LogP contribution in [0.3, 0.4) is 0 Å². The Hall–Kier alpha value is -1.42. The Labute approximate surface area is 112 Å². The third-order valence-electron chi connectivity index (χ3n) is 4.40. The number of anilines is 1. The molecule has 1 fully saturated rings. The lowest BCUT2D eigenvalue weighted by Crippen LogP contribution is -2.34. The maximum Gasteiger partial charge on any atom is 0.227 e. The first kappa shape index (κ1) is 12.6. The number of nitrogens with zero attached hydrogens (tertiary/aromatic N) is 1. The van der Waals surface area contributed by atoms with Gasteiger partial charge in [0.2, 0.25) is 5.91 Å². The van der Waals surface area contributed by atoms with E-state index in [0.717, 1.165) is 36.9 Å². The van der Waals surface area contributed by atoms with Crippen LogP contribution in [0.5, 0.6) is 0 Å². The van der Waals surface area contributed by atoms with Gasteiger partial charge >= 0.3 is 0 Å². The Morgan fingerprint density at radius 3 is 3.00 bits per heavy atom. The van der Waals surface area contributed by atoms with E-state index in [1.54, 1.807) is 11.0 Å². The lowest BCUT2D eigenvalue weighted by atomic mass is 9.99. The molecule has 2 N–H and O–H groups in total. The number of hydrogen-bond acceptors (Lipinski definition) is 2. The van der Waals surface area contributed by atoms with E-state index in [-0.39, 0.29) is 17.8 Å². The maximum atomic E-state index is 13.3. The quantitative estimate of drug-likeness (QED) is 0.888. The fraction of sp³-hybridized carbons (Fsp3) is 0.533. The topological polar surface area (TPSA) is 46.3 Å². The van der Waals surface area contributed by atoms with Crippen molar-refractivity contribution < 1.29 is 9.18 Å². The van der Waals surface area contributed by atoms with Gasteiger partial charge in [-0.15, -0.1) is 0 Å². The summed E-state index contributed by atoms with van der Waals surface area (Å²) in [5.41, 5.74) is 7.82. The largest absolute Gasteiger partial charge is 0.327 e. The Morgan fingerprint density at radius 2 is 2.26 bits per heavy atom. The number of carbonyl (C=O) groups is 1. The van der Waals surface area contributed by atoms with Gasteiger partial charge in [0, 0.05) is 24.7 Å². The Kier molecular flexibility index (Phi) is 3.27. The van der Waals surface area contributed by atoms with Crippen molar-refractivity contribution in [3.05, 3.63) is 29.6 Å². The fourth-order valence-corrected chi connectivity index (χ4v) is 3.26. The van der Waals surface area contributed by atoms with Crippen molar-refractivity contribution in [1.29, 1.82) is 0 Å². The van der Waals surface area contributed by atoms with Crippen LogP contribution in [0.2, 0.25) is 0 Å². The average Bonchev–Trinajstić information content (AvgIpc) is 2.96. The molecule has 1 aliphatic carbocycles. The van der Waals surface area contributed by atoms with E-state index in [1.807, 2.05) is 0 Å². The molecule has 2 atom stereocenters. The molecule has 0 saturated heterocycles. The second kappa shape index (κ2) is 4.93. The van der Waals surface area contributed by atoms with Gasteiger partial charge in [0.25, 0.3) is 0 Å². The first-order valence-electron chi connectivity index (χ1n) is 6.99. The summed E-state index contributed by atoms with van der Waals surface area (Å²) in [5.74, 6) is 0.104. The molecule has 102 valence electrons. The van der Waals surface area contributed by atoms with Crippen LogP contribution in [0.4, 0.5) is 10.1 Å². The van der Waals surface area contributed by atoms with Crippen LogP contribution >= 0.6 is 0 Å². The van der Waals surface area contributed by atoms with Gasteiger partial charge < -0.3 is 10.6 Å². The summed E-state index contributed by atoms with van der Waals surface area (Å²) in [5, 5.41) is 0. The van der Waals surface area contributed by atoms with Crippen molar-refractivity contribution in [3.63, 3.8) is 0 Å². The SMILES string of the molecule is N[C@@H]1CCC[C@H]1CC(=O)N1CCc2ccc(F)cc21. The zero-order chi connectivity index (χ0) is 13.4. The highest BCUT2D eigenvalue weighted by Gasteiger charge is 2.31. The van der Waals surface area contributed by atoms with E-state index in [0.29, 0.717) is 18.9 Å². The highest BCUT2D eigenvalue weighted by Crippen LogP contribution is 2.32. The van der Waals surface area contributed by atoms with Gasteiger partial charge in [0.1, 0.15) is 5.82 Å². The minimum Gasteiger partial charge on any atom is -0.327 e. The molecule has 2 aliphatic rings. The number of halogens is 1. The molecule has 0 aromatic heterocycles. The van der Waals surface area contributed by atoms with Gasteiger partial charge in [0.15, 0.2) is 0 Å². The van der Waals surface area contributed by atoms with Gasteiger partial charge in [-0.2, -0.15) is 0 Å². The number of amides is 1. The van der Waals surface area contributed by atoms with Crippen LogP contribution in [0, 0.1) is 11.7 Å². The minimum absolute atomic E-state index is 0.0895. The molecule has 0 spiro atoms. The van der Waals surface area contributed by atoms with Crippen LogP contribution in [0.25, 0.3) is 0 Å². The first-order chi connectivity index (χ1) is 9.15. The van der Waals surface area contributed by atoms with Gasteiger partial charge in [-0.3, -0.25) is 4.79 Å². The minimum atomic E-state index is -0.281. The zero-order valence-electron chi connectivity index (χ0n) is 10.9. The van der Waals surface area contributed by atoms with Gasteiger partial charge in [-0.05, 0) is 42.9 Å². The number of nitrogens with two attached hydrogens (primary N) is 1. The van der Waals surface area contributed by atoms with Crippen LogP contribution < -0.4 is 10.6 Å². The number of fused-ring (bicyclic) bond motifs is 1. The number of benzene rings is 1. The summed E-state index contributed by atoms with van der Waals surface area (Å²) in [7, 11) is 0. The first-order valence-corrected chi connectivity index (χ1v) is 6.99. The van der Waals surface area contributed by atoms with Crippen LogP contribution in [-0.2, 0) is 11.2 Å². The summed E-state index contributed by atoms with van der Waals surface area (Å²) in [6, 6.07) is 4.85. The average molecular weight is 262 g/mol. The van der Waals surface area contributed by atoms with Crippen LogP contribution in [-0.4, -0.2) is 18.5 Å². The Bertz CT molecular complexity index is 503. The third-order valence-corrected chi connectivity index (χ3v) is 4.40.